The molecule has 0 amide bonds. The van der Waals surface area contributed by atoms with Gasteiger partial charge in [-0.1, -0.05) is 30.3 Å². The molecule has 1 aromatic carbocycles. The van der Waals surface area contributed by atoms with Crippen molar-refractivity contribution in [2.75, 3.05) is 0 Å². The zero-order valence-corrected chi connectivity index (χ0v) is 8.23. The molecule has 0 unspecified atom stereocenters. The van der Waals surface area contributed by atoms with Crippen LogP contribution in [-0.2, 0) is 4.79 Å². The van der Waals surface area contributed by atoms with Crippen LogP contribution in [0.3, 0.4) is 0 Å². The molecule has 0 heterocycles. The normalized spacial score (nSPS) is 30.8. The molecule has 0 aromatic heterocycles. The fraction of sp³-hybridized carbons (Fsp3) is 0.417. The highest BCUT2D eigenvalue weighted by atomic mass is 16.4. The largest absolute Gasteiger partial charge is 0.481 e. The molecule has 0 spiro atoms. The van der Waals surface area contributed by atoms with Crippen LogP contribution in [-0.4, -0.2) is 11.1 Å². The second-order valence-corrected chi connectivity index (χ2v) is 4.22. The highest BCUT2D eigenvalue weighted by Crippen LogP contribution is 2.52. The molecular formula is C12H14O2. The maximum absolute atomic E-state index is 11.1. The van der Waals surface area contributed by atoms with E-state index in [1.165, 1.54) is 0 Å². The van der Waals surface area contributed by atoms with Gasteiger partial charge in [-0.25, -0.2) is 0 Å². The van der Waals surface area contributed by atoms with Gasteiger partial charge in [-0.05, 0) is 31.2 Å². The fourth-order valence-corrected chi connectivity index (χ4v) is 2.20. The third-order valence-corrected chi connectivity index (χ3v) is 3.41. The number of carboxylic acid groups (broad SMARTS) is 1. The molecule has 2 rings (SSSR count). The van der Waals surface area contributed by atoms with E-state index in [1.54, 1.807) is 0 Å². The lowest BCUT2D eigenvalue weighted by molar-refractivity contribution is -0.155. The van der Waals surface area contributed by atoms with Crippen molar-refractivity contribution in [3.8, 4) is 0 Å². The molecule has 0 saturated heterocycles. The summed E-state index contributed by atoms with van der Waals surface area (Å²) < 4.78 is 0. The van der Waals surface area contributed by atoms with Crippen molar-refractivity contribution in [2.24, 2.45) is 5.41 Å². The average Bonchev–Trinajstić information content (AvgIpc) is 2.16. The van der Waals surface area contributed by atoms with Crippen LogP contribution in [0.2, 0.25) is 0 Å². The summed E-state index contributed by atoms with van der Waals surface area (Å²) in [5.74, 6) is -0.473. The first kappa shape index (κ1) is 9.25. The maximum atomic E-state index is 11.1. The summed E-state index contributed by atoms with van der Waals surface area (Å²) in [4.78, 5) is 11.1. The van der Waals surface area contributed by atoms with Crippen molar-refractivity contribution in [1.82, 2.24) is 0 Å². The Morgan fingerprint density at radius 1 is 1.43 bits per heavy atom. The van der Waals surface area contributed by atoms with E-state index in [9.17, 15) is 4.79 Å². The van der Waals surface area contributed by atoms with Gasteiger partial charge in [0.2, 0.25) is 0 Å². The molecular weight excluding hydrogens is 176 g/mol. The number of carbonyl (C=O) groups is 1. The van der Waals surface area contributed by atoms with Gasteiger partial charge in [0.1, 0.15) is 0 Å². The smallest absolute Gasteiger partial charge is 0.309 e. The van der Waals surface area contributed by atoms with Gasteiger partial charge < -0.3 is 5.11 Å². The van der Waals surface area contributed by atoms with Crippen LogP contribution in [0.15, 0.2) is 30.3 Å². The number of rotatable bonds is 2. The molecule has 1 N–H and O–H groups in total. The Morgan fingerprint density at radius 3 is 2.50 bits per heavy atom. The fourth-order valence-electron chi connectivity index (χ4n) is 2.20. The summed E-state index contributed by atoms with van der Waals surface area (Å²) in [6.45, 7) is 1.84. The van der Waals surface area contributed by atoms with Crippen LogP contribution in [0, 0.1) is 5.41 Å². The van der Waals surface area contributed by atoms with Gasteiger partial charge in [-0.3, -0.25) is 4.79 Å². The van der Waals surface area contributed by atoms with E-state index in [2.05, 4.69) is 0 Å². The van der Waals surface area contributed by atoms with Gasteiger partial charge in [0.15, 0.2) is 0 Å². The number of aliphatic carboxylic acids is 1. The Bertz CT molecular complexity index is 345. The second kappa shape index (κ2) is 3.12. The molecule has 2 nitrogen and oxygen atoms in total. The van der Waals surface area contributed by atoms with Crippen molar-refractivity contribution >= 4 is 5.97 Å². The van der Waals surface area contributed by atoms with Gasteiger partial charge in [-0.2, -0.15) is 0 Å². The molecule has 0 radical (unpaired) electrons. The summed E-state index contributed by atoms with van der Waals surface area (Å²) in [7, 11) is 0. The molecule has 2 heteroatoms. The van der Waals surface area contributed by atoms with E-state index in [0.29, 0.717) is 0 Å². The molecule has 0 aliphatic heterocycles. The van der Waals surface area contributed by atoms with E-state index >= 15 is 0 Å². The Morgan fingerprint density at radius 2 is 2.07 bits per heavy atom. The summed E-state index contributed by atoms with van der Waals surface area (Å²) in [5.41, 5.74) is 0.616. The van der Waals surface area contributed by atoms with Gasteiger partial charge in [0.05, 0.1) is 5.41 Å². The third kappa shape index (κ3) is 1.22. The SMILES string of the molecule is C[C@@]1(C(=O)O)CC[C@H]1c1ccccc1. The standard InChI is InChI=1S/C12H14O2/c1-12(11(13)14)8-7-10(12)9-5-3-2-4-6-9/h2-6,10H,7-8H2,1H3,(H,13,14)/t10-,12+/m0/s1. The Balaban J connectivity index is 2.26. The lowest BCUT2D eigenvalue weighted by Gasteiger charge is -2.43. The van der Waals surface area contributed by atoms with Crippen molar-refractivity contribution in [3.05, 3.63) is 35.9 Å². The number of carboxylic acids is 1. The van der Waals surface area contributed by atoms with Crippen LogP contribution >= 0.6 is 0 Å². The summed E-state index contributed by atoms with van der Waals surface area (Å²) in [6.07, 6.45) is 1.79. The first-order valence-electron chi connectivity index (χ1n) is 4.93. The molecule has 1 aliphatic rings. The van der Waals surface area contributed by atoms with Crippen molar-refractivity contribution in [3.63, 3.8) is 0 Å². The molecule has 1 aliphatic carbocycles. The van der Waals surface area contributed by atoms with Crippen LogP contribution in [0.25, 0.3) is 0 Å². The molecule has 0 bridgehead atoms. The van der Waals surface area contributed by atoms with E-state index in [4.69, 9.17) is 5.11 Å². The first-order valence-corrected chi connectivity index (χ1v) is 4.93. The van der Waals surface area contributed by atoms with E-state index < -0.39 is 11.4 Å². The predicted octanol–water partition coefficient (Wildman–Crippen LogP) is 2.65. The van der Waals surface area contributed by atoms with Gasteiger partial charge in [0, 0.05) is 0 Å². The lowest BCUT2D eigenvalue weighted by Crippen LogP contribution is -2.42. The Kier molecular flexibility index (Phi) is 2.06. The van der Waals surface area contributed by atoms with E-state index in [0.717, 1.165) is 18.4 Å². The van der Waals surface area contributed by atoms with Crippen LogP contribution in [0.5, 0.6) is 0 Å². The number of hydrogen-bond donors (Lipinski definition) is 1. The van der Waals surface area contributed by atoms with Crippen molar-refractivity contribution < 1.29 is 9.90 Å². The van der Waals surface area contributed by atoms with Gasteiger partial charge in [-0.15, -0.1) is 0 Å². The third-order valence-electron chi connectivity index (χ3n) is 3.41. The molecule has 2 atom stereocenters. The quantitative estimate of drug-likeness (QED) is 0.778. The number of hydrogen-bond acceptors (Lipinski definition) is 1. The van der Waals surface area contributed by atoms with Gasteiger partial charge in [0.25, 0.3) is 0 Å². The average molecular weight is 190 g/mol. The highest BCUT2D eigenvalue weighted by molar-refractivity contribution is 5.77. The Hall–Kier alpha value is -1.31. The summed E-state index contributed by atoms with van der Waals surface area (Å²) in [5, 5.41) is 9.12. The molecule has 1 saturated carbocycles. The highest BCUT2D eigenvalue weighted by Gasteiger charge is 2.49. The zero-order chi connectivity index (χ0) is 10.2. The monoisotopic (exact) mass is 190 g/mol. The molecule has 74 valence electrons. The zero-order valence-electron chi connectivity index (χ0n) is 8.23. The van der Waals surface area contributed by atoms with Crippen LogP contribution < -0.4 is 0 Å². The van der Waals surface area contributed by atoms with Crippen molar-refractivity contribution in [2.45, 2.75) is 25.7 Å². The molecule has 1 fully saturated rings. The minimum Gasteiger partial charge on any atom is -0.481 e. The van der Waals surface area contributed by atoms with Gasteiger partial charge >= 0.3 is 5.97 Å². The van der Waals surface area contributed by atoms with E-state index in [1.807, 2.05) is 37.3 Å². The van der Waals surface area contributed by atoms with Crippen LogP contribution in [0.4, 0.5) is 0 Å². The van der Waals surface area contributed by atoms with Crippen LogP contribution in [0.1, 0.15) is 31.2 Å². The maximum Gasteiger partial charge on any atom is 0.309 e. The minimum atomic E-state index is -0.669. The number of benzene rings is 1. The Labute approximate surface area is 83.6 Å². The second-order valence-electron chi connectivity index (χ2n) is 4.22. The molecule has 1 aromatic rings. The summed E-state index contributed by atoms with van der Waals surface area (Å²) in [6, 6.07) is 9.93. The molecule has 14 heavy (non-hydrogen) atoms. The first-order chi connectivity index (χ1) is 6.64. The van der Waals surface area contributed by atoms with E-state index in [-0.39, 0.29) is 5.92 Å². The minimum absolute atomic E-state index is 0.196. The summed E-state index contributed by atoms with van der Waals surface area (Å²) >= 11 is 0. The van der Waals surface area contributed by atoms with Crippen molar-refractivity contribution in [1.29, 1.82) is 0 Å². The predicted molar refractivity (Wildman–Crippen MR) is 54.2 cm³/mol. The lowest BCUT2D eigenvalue weighted by atomic mass is 9.59. The topological polar surface area (TPSA) is 37.3 Å².